The fourth-order valence-electron chi connectivity index (χ4n) is 0.0559. The molecule has 0 aromatic heterocycles. The molecule has 6 heteroatoms. The monoisotopic (exact) mass is 155 g/mol. The molecule has 0 saturated heterocycles. The van der Waals surface area contributed by atoms with Gasteiger partial charge in [-0.25, -0.2) is 8.42 Å². The van der Waals surface area contributed by atoms with Crippen molar-refractivity contribution in [3.8, 4) is 6.07 Å². The van der Waals surface area contributed by atoms with Crippen LogP contribution in [0.5, 0.6) is 0 Å². The van der Waals surface area contributed by atoms with E-state index in [4.69, 9.17) is 5.26 Å². The van der Waals surface area contributed by atoms with E-state index < -0.39 is 15.0 Å². The molecule has 0 rings (SSSR count). The Hall–Kier alpha value is 0.140. The summed E-state index contributed by atoms with van der Waals surface area (Å²) in [5.41, 5.74) is 0. The second kappa shape index (κ2) is 4.04. The molecule has 0 fully saturated rings. The largest absolute Gasteiger partial charge is 1.00 e. The van der Waals surface area contributed by atoms with Crippen molar-refractivity contribution < 1.29 is 42.5 Å². The molecule has 0 heterocycles. The number of hydrogen-bond donors (Lipinski definition) is 0. The minimum Gasteiger partial charge on any atom is -0.744 e. The van der Waals surface area contributed by atoms with Gasteiger partial charge in [0.1, 0.15) is 21.1 Å². The number of nitrogens with zero attached hydrogens (tertiary/aromatic N) is 1. The van der Waals surface area contributed by atoms with Crippen molar-refractivity contribution in [2.24, 2.45) is 0 Å². The third-order valence-corrected chi connectivity index (χ3v) is 1.12. The van der Waals surface area contributed by atoms with Crippen LogP contribution in [0.15, 0.2) is 11.5 Å². The molecular formula is C3H2NNaO3S. The van der Waals surface area contributed by atoms with Crippen LogP contribution in [-0.4, -0.2) is 13.0 Å². The third kappa shape index (κ3) is 4.63. The molecule has 44 valence electrons. The van der Waals surface area contributed by atoms with Gasteiger partial charge >= 0.3 is 29.6 Å². The van der Waals surface area contributed by atoms with Crippen LogP contribution in [0, 0.1) is 11.3 Å². The first-order chi connectivity index (χ1) is 3.48. The normalized spacial score (nSPS) is 8.89. The summed E-state index contributed by atoms with van der Waals surface area (Å²) in [6.07, 6.45) is 0. The molecule has 0 aromatic carbocycles. The van der Waals surface area contributed by atoms with Crippen LogP contribution in [0.1, 0.15) is 0 Å². The number of hydrogen-bond acceptors (Lipinski definition) is 4. The van der Waals surface area contributed by atoms with Crippen molar-refractivity contribution in [3.63, 3.8) is 0 Å². The van der Waals surface area contributed by atoms with Gasteiger partial charge < -0.3 is 4.55 Å². The van der Waals surface area contributed by atoms with Gasteiger partial charge in [0, 0.05) is 0 Å². The van der Waals surface area contributed by atoms with Crippen LogP contribution in [-0.2, 0) is 10.1 Å². The first-order valence-corrected chi connectivity index (χ1v) is 2.94. The molecule has 9 heavy (non-hydrogen) atoms. The first-order valence-electron chi connectivity index (χ1n) is 1.53. The summed E-state index contributed by atoms with van der Waals surface area (Å²) in [7, 11) is -4.56. The summed E-state index contributed by atoms with van der Waals surface area (Å²) in [6.45, 7) is 2.68. The van der Waals surface area contributed by atoms with Gasteiger partial charge in [0.05, 0.1) is 0 Å². The summed E-state index contributed by atoms with van der Waals surface area (Å²) in [4.78, 5) is -0.947. The van der Waals surface area contributed by atoms with E-state index >= 15 is 0 Å². The average Bonchev–Trinajstić information content (AvgIpc) is 1.62. The van der Waals surface area contributed by atoms with E-state index in [2.05, 4.69) is 6.58 Å². The van der Waals surface area contributed by atoms with Crippen molar-refractivity contribution in [2.75, 3.05) is 0 Å². The zero-order valence-corrected chi connectivity index (χ0v) is 7.60. The van der Waals surface area contributed by atoms with Gasteiger partial charge in [-0.3, -0.25) is 0 Å². The van der Waals surface area contributed by atoms with E-state index in [1.165, 1.54) is 0 Å². The van der Waals surface area contributed by atoms with Crippen molar-refractivity contribution in [2.45, 2.75) is 0 Å². The first kappa shape index (κ1) is 11.9. The maximum Gasteiger partial charge on any atom is 1.00 e. The molecular weight excluding hydrogens is 153 g/mol. The molecule has 0 aromatic rings. The molecule has 4 nitrogen and oxygen atoms in total. The molecule has 0 saturated carbocycles. The molecule has 0 unspecified atom stereocenters. The summed E-state index contributed by atoms with van der Waals surface area (Å²) < 4.78 is 29.1. The van der Waals surface area contributed by atoms with Crippen molar-refractivity contribution in [1.82, 2.24) is 0 Å². The van der Waals surface area contributed by atoms with Crippen LogP contribution in [0.4, 0.5) is 0 Å². The Kier molecular flexibility index (Phi) is 5.33. The van der Waals surface area contributed by atoms with Crippen LogP contribution < -0.4 is 29.6 Å². The maximum atomic E-state index is 9.68. The molecule has 0 radical (unpaired) electrons. The van der Waals surface area contributed by atoms with Crippen LogP contribution in [0.25, 0.3) is 0 Å². The fraction of sp³-hybridized carbons (Fsp3) is 0. The minimum absolute atomic E-state index is 0. The van der Waals surface area contributed by atoms with Crippen molar-refractivity contribution in [1.29, 1.82) is 5.26 Å². The summed E-state index contributed by atoms with van der Waals surface area (Å²) in [5.74, 6) is 0. The summed E-state index contributed by atoms with van der Waals surface area (Å²) in [5, 5.41) is 7.74. The van der Waals surface area contributed by atoms with Gasteiger partial charge in [0.15, 0.2) is 0 Å². The standard InChI is InChI=1S/C3H3NO3S.Na/c1-3(2-4)8(5,6)7;/h1H2,(H,5,6,7);/q;+1/p-1. The Morgan fingerprint density at radius 2 is 2.00 bits per heavy atom. The summed E-state index contributed by atoms with van der Waals surface area (Å²) in [6, 6.07) is 1.11. The SMILES string of the molecule is C=C(C#N)S(=O)(=O)[O-].[Na+]. The maximum absolute atomic E-state index is 9.68. The molecule has 0 amide bonds. The molecule has 0 aliphatic rings. The van der Waals surface area contributed by atoms with E-state index in [0.717, 1.165) is 6.07 Å². The van der Waals surface area contributed by atoms with E-state index in [9.17, 15) is 13.0 Å². The molecule has 0 aliphatic carbocycles. The predicted molar refractivity (Wildman–Crippen MR) is 24.5 cm³/mol. The van der Waals surface area contributed by atoms with Crippen LogP contribution in [0.3, 0.4) is 0 Å². The van der Waals surface area contributed by atoms with Crippen LogP contribution in [0.2, 0.25) is 0 Å². The molecule has 0 atom stereocenters. The third-order valence-electron chi connectivity index (χ3n) is 0.426. The smallest absolute Gasteiger partial charge is 0.744 e. The Balaban J connectivity index is 0. The molecule has 0 N–H and O–H groups in total. The van der Waals surface area contributed by atoms with Gasteiger partial charge in [0.2, 0.25) is 0 Å². The van der Waals surface area contributed by atoms with Crippen molar-refractivity contribution in [3.05, 3.63) is 11.5 Å². The Bertz CT molecular complexity index is 236. The Morgan fingerprint density at radius 1 is 1.67 bits per heavy atom. The average molecular weight is 155 g/mol. The molecule has 0 aliphatic heterocycles. The second-order valence-corrected chi connectivity index (χ2v) is 2.39. The van der Waals surface area contributed by atoms with E-state index in [-0.39, 0.29) is 29.6 Å². The topological polar surface area (TPSA) is 81.0 Å². The van der Waals surface area contributed by atoms with Gasteiger partial charge in [0.25, 0.3) is 0 Å². The molecule has 0 bridgehead atoms. The van der Waals surface area contributed by atoms with Gasteiger partial charge in [-0.2, -0.15) is 5.26 Å². The van der Waals surface area contributed by atoms with Crippen LogP contribution >= 0.6 is 0 Å². The Morgan fingerprint density at radius 3 is 2.00 bits per heavy atom. The quantitative estimate of drug-likeness (QED) is 0.224. The zero-order valence-electron chi connectivity index (χ0n) is 4.79. The van der Waals surface area contributed by atoms with Gasteiger partial charge in [-0.05, 0) is 0 Å². The van der Waals surface area contributed by atoms with E-state index in [1.807, 2.05) is 0 Å². The summed E-state index contributed by atoms with van der Waals surface area (Å²) >= 11 is 0. The Labute approximate surface area is 75.2 Å². The number of nitriles is 1. The van der Waals surface area contributed by atoms with Gasteiger partial charge in [-0.1, -0.05) is 6.58 Å². The van der Waals surface area contributed by atoms with Gasteiger partial charge in [-0.15, -0.1) is 0 Å². The zero-order chi connectivity index (χ0) is 6.78. The van der Waals surface area contributed by atoms with Crippen molar-refractivity contribution >= 4 is 10.1 Å². The van der Waals surface area contributed by atoms with E-state index in [0.29, 0.717) is 0 Å². The second-order valence-electron chi connectivity index (χ2n) is 0.989. The number of allylic oxidation sites excluding steroid dienone is 1. The minimum atomic E-state index is -4.56. The predicted octanol–water partition coefficient (Wildman–Crippen LogP) is -3.43. The fourth-order valence-corrected chi connectivity index (χ4v) is 0.168. The molecule has 0 spiro atoms. The number of rotatable bonds is 1. The van der Waals surface area contributed by atoms with E-state index in [1.54, 1.807) is 0 Å².